The fraction of sp³-hybridized carbons (Fsp3) is 0.308. The molecule has 0 atom stereocenters. The molecular formula is C13H16ClN5O2. The first-order valence-electron chi connectivity index (χ1n) is 6.37. The Bertz CT molecular complexity index is 636. The van der Waals surface area contributed by atoms with Crippen molar-refractivity contribution in [2.75, 3.05) is 5.32 Å². The zero-order valence-electron chi connectivity index (χ0n) is 11.2. The number of carbonyl (C=O) groups excluding carboxylic acids is 1. The second-order valence-electron chi connectivity index (χ2n) is 5.00. The Morgan fingerprint density at radius 1 is 1.29 bits per heavy atom. The summed E-state index contributed by atoms with van der Waals surface area (Å²) in [7, 11) is 0. The van der Waals surface area contributed by atoms with Crippen molar-refractivity contribution in [3.8, 4) is 11.5 Å². The summed E-state index contributed by atoms with van der Waals surface area (Å²) in [4.78, 5) is 15.1. The first kappa shape index (κ1) is 15.3. The summed E-state index contributed by atoms with van der Waals surface area (Å²) in [5, 5.41) is 6.44. The lowest BCUT2D eigenvalue weighted by Crippen LogP contribution is -2.44. The third kappa shape index (κ3) is 2.98. The highest BCUT2D eigenvalue weighted by atomic mass is 35.5. The number of carbonyl (C=O) groups is 1. The maximum atomic E-state index is 10.7. The van der Waals surface area contributed by atoms with E-state index in [2.05, 4.69) is 15.5 Å². The van der Waals surface area contributed by atoms with Gasteiger partial charge in [-0.25, -0.2) is 4.79 Å². The van der Waals surface area contributed by atoms with Gasteiger partial charge in [-0.2, -0.15) is 4.98 Å². The second-order valence-corrected chi connectivity index (χ2v) is 5.00. The van der Waals surface area contributed by atoms with Gasteiger partial charge in [0, 0.05) is 11.3 Å². The SMILES string of the molecule is Cl.NC(=O)Nc1ccc(-c2nc(C3(N)CCC3)no2)cc1. The summed E-state index contributed by atoms with van der Waals surface area (Å²) in [6.45, 7) is 0. The predicted octanol–water partition coefficient (Wildman–Crippen LogP) is 1.99. The van der Waals surface area contributed by atoms with Gasteiger partial charge >= 0.3 is 6.03 Å². The van der Waals surface area contributed by atoms with E-state index in [1.807, 2.05) is 0 Å². The van der Waals surface area contributed by atoms with E-state index >= 15 is 0 Å². The quantitative estimate of drug-likeness (QED) is 0.800. The highest BCUT2D eigenvalue weighted by Gasteiger charge is 2.39. The third-order valence-electron chi connectivity index (χ3n) is 3.52. The molecule has 5 N–H and O–H groups in total. The summed E-state index contributed by atoms with van der Waals surface area (Å²) in [6.07, 6.45) is 2.86. The average Bonchev–Trinajstić information content (AvgIpc) is 2.86. The molecule has 1 aromatic heterocycles. The van der Waals surface area contributed by atoms with Crippen LogP contribution in [0, 0.1) is 0 Å². The molecule has 21 heavy (non-hydrogen) atoms. The Balaban J connectivity index is 0.00000161. The smallest absolute Gasteiger partial charge is 0.316 e. The van der Waals surface area contributed by atoms with Gasteiger partial charge in [-0.05, 0) is 43.5 Å². The molecule has 0 unspecified atom stereocenters. The Labute approximate surface area is 127 Å². The number of urea groups is 1. The summed E-state index contributed by atoms with van der Waals surface area (Å²) >= 11 is 0. The molecule has 2 aromatic rings. The number of aromatic nitrogens is 2. The van der Waals surface area contributed by atoms with E-state index in [1.165, 1.54) is 0 Å². The molecule has 8 heteroatoms. The first-order chi connectivity index (χ1) is 9.57. The number of benzene rings is 1. The molecule has 1 heterocycles. The molecule has 0 saturated heterocycles. The van der Waals surface area contributed by atoms with E-state index in [4.69, 9.17) is 16.0 Å². The number of hydrogen-bond donors (Lipinski definition) is 3. The maximum Gasteiger partial charge on any atom is 0.316 e. The molecule has 0 bridgehead atoms. The minimum atomic E-state index is -0.604. The number of nitrogens with zero attached hydrogens (tertiary/aromatic N) is 2. The lowest BCUT2D eigenvalue weighted by atomic mass is 9.77. The van der Waals surface area contributed by atoms with Crippen LogP contribution in [0.25, 0.3) is 11.5 Å². The molecule has 0 aliphatic heterocycles. The molecule has 1 aliphatic rings. The second kappa shape index (κ2) is 5.71. The molecule has 0 spiro atoms. The van der Waals surface area contributed by atoms with Gasteiger partial charge in [-0.15, -0.1) is 12.4 Å². The van der Waals surface area contributed by atoms with Crippen LogP contribution in [-0.2, 0) is 5.54 Å². The summed E-state index contributed by atoms with van der Waals surface area (Å²) in [6, 6.07) is 6.36. The number of primary amides is 1. The first-order valence-corrected chi connectivity index (χ1v) is 6.37. The fourth-order valence-electron chi connectivity index (χ4n) is 2.16. The molecule has 1 fully saturated rings. The molecule has 2 amide bonds. The van der Waals surface area contributed by atoms with Crippen molar-refractivity contribution in [3.63, 3.8) is 0 Å². The Morgan fingerprint density at radius 2 is 1.95 bits per heavy atom. The van der Waals surface area contributed by atoms with Crippen molar-refractivity contribution in [2.24, 2.45) is 11.5 Å². The Morgan fingerprint density at radius 3 is 2.48 bits per heavy atom. The molecular weight excluding hydrogens is 294 g/mol. The van der Waals surface area contributed by atoms with E-state index < -0.39 is 11.6 Å². The van der Waals surface area contributed by atoms with Crippen molar-refractivity contribution >= 4 is 24.1 Å². The monoisotopic (exact) mass is 309 g/mol. The Hall–Kier alpha value is -2.12. The Kier molecular flexibility index (Phi) is 4.15. The number of rotatable bonds is 3. The van der Waals surface area contributed by atoms with Crippen molar-refractivity contribution in [3.05, 3.63) is 30.1 Å². The number of amides is 2. The van der Waals surface area contributed by atoms with Gasteiger partial charge < -0.3 is 21.3 Å². The van der Waals surface area contributed by atoms with Gasteiger partial charge in [-0.1, -0.05) is 5.16 Å². The van der Waals surface area contributed by atoms with Gasteiger partial charge in [-0.3, -0.25) is 0 Å². The van der Waals surface area contributed by atoms with Crippen LogP contribution in [0.15, 0.2) is 28.8 Å². The van der Waals surface area contributed by atoms with E-state index in [-0.39, 0.29) is 12.4 Å². The number of nitrogens with two attached hydrogens (primary N) is 2. The van der Waals surface area contributed by atoms with Crippen LogP contribution in [0.1, 0.15) is 25.1 Å². The lowest BCUT2D eigenvalue weighted by Gasteiger charge is -2.34. The number of nitrogens with one attached hydrogen (secondary N) is 1. The van der Waals surface area contributed by atoms with Gasteiger partial charge in [0.1, 0.15) is 0 Å². The van der Waals surface area contributed by atoms with Gasteiger partial charge in [0.2, 0.25) is 0 Å². The van der Waals surface area contributed by atoms with Crippen LogP contribution >= 0.6 is 12.4 Å². The summed E-state index contributed by atoms with van der Waals surface area (Å²) in [5.74, 6) is 0.973. The van der Waals surface area contributed by atoms with E-state index in [9.17, 15) is 4.79 Å². The molecule has 1 aliphatic carbocycles. The van der Waals surface area contributed by atoms with Crippen molar-refractivity contribution in [2.45, 2.75) is 24.8 Å². The highest BCUT2D eigenvalue weighted by Crippen LogP contribution is 2.37. The molecule has 0 radical (unpaired) electrons. The average molecular weight is 310 g/mol. The zero-order valence-corrected chi connectivity index (χ0v) is 12.0. The van der Waals surface area contributed by atoms with Crippen molar-refractivity contribution in [1.82, 2.24) is 10.1 Å². The lowest BCUT2D eigenvalue weighted by molar-refractivity contribution is 0.229. The van der Waals surface area contributed by atoms with E-state index in [1.54, 1.807) is 24.3 Å². The minimum Gasteiger partial charge on any atom is -0.351 e. The number of hydrogen-bond acceptors (Lipinski definition) is 5. The normalized spacial score (nSPS) is 15.7. The van der Waals surface area contributed by atoms with Gasteiger partial charge in [0.05, 0.1) is 5.54 Å². The minimum absolute atomic E-state index is 0. The maximum absolute atomic E-state index is 10.7. The fourth-order valence-corrected chi connectivity index (χ4v) is 2.16. The number of anilines is 1. The highest BCUT2D eigenvalue weighted by molar-refractivity contribution is 5.88. The van der Waals surface area contributed by atoms with Crippen molar-refractivity contribution < 1.29 is 9.32 Å². The summed E-state index contributed by atoms with van der Waals surface area (Å²) in [5.41, 5.74) is 12.1. The topological polar surface area (TPSA) is 120 Å². The van der Waals surface area contributed by atoms with E-state index in [0.29, 0.717) is 17.4 Å². The van der Waals surface area contributed by atoms with E-state index in [0.717, 1.165) is 24.8 Å². The molecule has 3 rings (SSSR count). The van der Waals surface area contributed by atoms with Crippen LogP contribution in [0.2, 0.25) is 0 Å². The van der Waals surface area contributed by atoms with Crippen LogP contribution in [0.3, 0.4) is 0 Å². The van der Waals surface area contributed by atoms with Crippen LogP contribution < -0.4 is 16.8 Å². The zero-order chi connectivity index (χ0) is 14.2. The third-order valence-corrected chi connectivity index (χ3v) is 3.52. The summed E-state index contributed by atoms with van der Waals surface area (Å²) < 4.78 is 5.24. The largest absolute Gasteiger partial charge is 0.351 e. The molecule has 1 saturated carbocycles. The molecule has 7 nitrogen and oxygen atoms in total. The van der Waals surface area contributed by atoms with Crippen molar-refractivity contribution in [1.29, 1.82) is 0 Å². The standard InChI is InChI=1S/C13H15N5O2.ClH/c14-12(19)16-9-4-2-8(3-5-9)10-17-11(18-20-10)13(15)6-1-7-13;/h2-5H,1,6-7,15H2,(H3,14,16,19);1H. The number of halogens is 1. The molecule has 1 aromatic carbocycles. The predicted molar refractivity (Wildman–Crippen MR) is 79.9 cm³/mol. The van der Waals surface area contributed by atoms with Crippen LogP contribution in [-0.4, -0.2) is 16.2 Å². The van der Waals surface area contributed by atoms with Gasteiger partial charge in [0.15, 0.2) is 5.82 Å². The molecule has 112 valence electrons. The van der Waals surface area contributed by atoms with Crippen LogP contribution in [0.5, 0.6) is 0 Å². The van der Waals surface area contributed by atoms with Gasteiger partial charge in [0.25, 0.3) is 5.89 Å². The van der Waals surface area contributed by atoms with Crippen LogP contribution in [0.4, 0.5) is 10.5 Å².